The van der Waals surface area contributed by atoms with Crippen molar-refractivity contribution in [1.29, 1.82) is 0 Å². The lowest BCUT2D eigenvalue weighted by molar-refractivity contribution is 0.340. The lowest BCUT2D eigenvalue weighted by Crippen LogP contribution is -2.39. The Hall–Kier alpha value is -1.56. The van der Waals surface area contributed by atoms with Crippen molar-refractivity contribution in [3.8, 4) is 5.75 Å². The fraction of sp³-hybridized carbons (Fsp3) is 0.632. The molecule has 5 nitrogen and oxygen atoms in total. The van der Waals surface area contributed by atoms with Crippen molar-refractivity contribution < 1.29 is 8.95 Å². The molecular weight excluding hydrogens is 334 g/mol. The highest BCUT2D eigenvalue weighted by Gasteiger charge is 2.18. The van der Waals surface area contributed by atoms with Gasteiger partial charge >= 0.3 is 0 Å². The predicted molar refractivity (Wildman–Crippen MR) is 108 cm³/mol. The Morgan fingerprint density at radius 3 is 2.40 bits per heavy atom. The molecule has 0 radical (unpaired) electrons. The minimum Gasteiger partial charge on any atom is -0.494 e. The van der Waals surface area contributed by atoms with Gasteiger partial charge in [0.1, 0.15) is 5.75 Å². The smallest absolute Gasteiger partial charge is 0.193 e. The third-order valence-electron chi connectivity index (χ3n) is 3.57. The minimum atomic E-state index is -0.881. The lowest BCUT2D eigenvalue weighted by Gasteiger charge is -2.23. The average Bonchev–Trinajstić information content (AvgIpc) is 2.55. The van der Waals surface area contributed by atoms with Crippen molar-refractivity contribution in [3.63, 3.8) is 0 Å². The molecule has 0 aliphatic carbocycles. The Morgan fingerprint density at radius 1 is 1.24 bits per heavy atom. The predicted octanol–water partition coefficient (Wildman–Crippen LogP) is 3.03. The molecule has 1 unspecified atom stereocenters. The van der Waals surface area contributed by atoms with Gasteiger partial charge in [0.25, 0.3) is 0 Å². The Morgan fingerprint density at radius 2 is 1.88 bits per heavy atom. The van der Waals surface area contributed by atoms with E-state index < -0.39 is 10.8 Å². The van der Waals surface area contributed by atoms with Gasteiger partial charge in [-0.25, -0.2) is 0 Å². The van der Waals surface area contributed by atoms with Gasteiger partial charge < -0.3 is 15.0 Å². The second-order valence-corrected chi connectivity index (χ2v) is 9.15. The fourth-order valence-corrected chi connectivity index (χ4v) is 3.09. The van der Waals surface area contributed by atoms with E-state index in [0.29, 0.717) is 18.9 Å². The van der Waals surface area contributed by atoms with Gasteiger partial charge in [0.2, 0.25) is 0 Å². The molecule has 0 fully saturated rings. The maximum atomic E-state index is 12.1. The van der Waals surface area contributed by atoms with Crippen molar-refractivity contribution in [2.45, 2.75) is 45.9 Å². The molecule has 0 aliphatic heterocycles. The molecule has 1 N–H and O–H groups in total. The Bertz CT molecular complexity index is 565. The highest BCUT2D eigenvalue weighted by Crippen LogP contribution is 2.13. The first-order valence-electron chi connectivity index (χ1n) is 8.87. The first kappa shape index (κ1) is 21.5. The molecule has 6 heteroatoms. The number of nitrogens with zero attached hydrogens (tertiary/aromatic N) is 2. The molecule has 0 aliphatic rings. The summed E-state index contributed by atoms with van der Waals surface area (Å²) in [5.41, 5.74) is 1.19. The topological polar surface area (TPSA) is 53.9 Å². The lowest BCUT2D eigenvalue weighted by atomic mass is 10.2. The van der Waals surface area contributed by atoms with E-state index in [2.05, 4.69) is 27.3 Å². The van der Waals surface area contributed by atoms with E-state index in [-0.39, 0.29) is 4.75 Å². The summed E-state index contributed by atoms with van der Waals surface area (Å²) in [6, 6.07) is 8.12. The van der Waals surface area contributed by atoms with Gasteiger partial charge in [0.05, 0.1) is 13.2 Å². The van der Waals surface area contributed by atoms with Gasteiger partial charge in [-0.3, -0.25) is 9.20 Å². The van der Waals surface area contributed by atoms with E-state index in [1.54, 1.807) is 0 Å². The molecular formula is C19H33N3O2S. The van der Waals surface area contributed by atoms with Crippen molar-refractivity contribution in [2.24, 2.45) is 4.99 Å². The molecule has 1 aromatic rings. The van der Waals surface area contributed by atoms with Crippen LogP contribution < -0.4 is 10.1 Å². The molecule has 0 amide bonds. The Labute approximate surface area is 155 Å². The normalized spacial score (nSPS) is 13.4. The Kier molecular flexibility index (Phi) is 8.97. The monoisotopic (exact) mass is 367 g/mol. The van der Waals surface area contributed by atoms with Gasteiger partial charge in [-0.15, -0.1) is 0 Å². The standard InChI is InChI=1S/C19H33N3O2S/c1-7-20-18(21-13-14-25(23)19(3,4)5)22(6)15-16-9-11-17(12-10-16)24-8-2/h9-12H,7-8,13-15H2,1-6H3,(H,20,21). The van der Waals surface area contributed by atoms with E-state index >= 15 is 0 Å². The van der Waals surface area contributed by atoms with Crippen LogP contribution in [0.15, 0.2) is 29.3 Å². The molecule has 25 heavy (non-hydrogen) atoms. The number of guanidine groups is 1. The van der Waals surface area contributed by atoms with Crippen LogP contribution in [0.5, 0.6) is 5.75 Å². The zero-order valence-electron chi connectivity index (χ0n) is 16.5. The summed E-state index contributed by atoms with van der Waals surface area (Å²) in [4.78, 5) is 6.71. The number of benzene rings is 1. The summed E-state index contributed by atoms with van der Waals surface area (Å²) in [5.74, 6) is 2.30. The average molecular weight is 368 g/mol. The summed E-state index contributed by atoms with van der Waals surface area (Å²) in [7, 11) is 1.13. The summed E-state index contributed by atoms with van der Waals surface area (Å²) in [5, 5.41) is 3.30. The molecule has 0 saturated carbocycles. The van der Waals surface area contributed by atoms with E-state index in [0.717, 1.165) is 24.8 Å². The van der Waals surface area contributed by atoms with Crippen LogP contribution in [0.4, 0.5) is 0 Å². The number of hydrogen-bond donors (Lipinski definition) is 1. The van der Waals surface area contributed by atoms with Gasteiger partial charge in [-0.1, -0.05) is 12.1 Å². The molecule has 142 valence electrons. The van der Waals surface area contributed by atoms with Crippen molar-refractivity contribution in [2.75, 3.05) is 32.5 Å². The molecule has 0 aromatic heterocycles. The van der Waals surface area contributed by atoms with E-state index in [4.69, 9.17) is 4.74 Å². The van der Waals surface area contributed by atoms with Crippen LogP contribution in [0.2, 0.25) is 0 Å². The summed E-state index contributed by atoms with van der Waals surface area (Å²) >= 11 is 0. The van der Waals surface area contributed by atoms with Crippen LogP contribution in [0.3, 0.4) is 0 Å². The van der Waals surface area contributed by atoms with E-state index in [1.807, 2.05) is 53.8 Å². The zero-order valence-corrected chi connectivity index (χ0v) is 17.3. The highest BCUT2D eigenvalue weighted by atomic mass is 32.2. The van der Waals surface area contributed by atoms with Crippen LogP contribution in [0.1, 0.15) is 40.2 Å². The van der Waals surface area contributed by atoms with Gasteiger partial charge in [0, 0.05) is 41.4 Å². The zero-order chi connectivity index (χ0) is 18.9. The molecule has 0 spiro atoms. The largest absolute Gasteiger partial charge is 0.494 e. The van der Waals surface area contributed by atoms with Crippen LogP contribution >= 0.6 is 0 Å². The number of aliphatic imine (C=N–C) groups is 1. The second kappa shape index (κ2) is 10.4. The molecule has 0 saturated heterocycles. The van der Waals surface area contributed by atoms with Crippen LogP contribution in [0.25, 0.3) is 0 Å². The van der Waals surface area contributed by atoms with Gasteiger partial charge in [-0.2, -0.15) is 0 Å². The first-order chi connectivity index (χ1) is 11.8. The van der Waals surface area contributed by atoms with Gasteiger partial charge in [0.15, 0.2) is 5.96 Å². The number of rotatable bonds is 8. The van der Waals surface area contributed by atoms with E-state index in [9.17, 15) is 4.21 Å². The fourth-order valence-electron chi connectivity index (χ4n) is 2.22. The minimum absolute atomic E-state index is 0.192. The first-order valence-corrected chi connectivity index (χ1v) is 10.2. The third-order valence-corrected chi connectivity index (χ3v) is 5.49. The summed E-state index contributed by atoms with van der Waals surface area (Å²) in [6.07, 6.45) is 0. The molecule has 1 atom stereocenters. The van der Waals surface area contributed by atoms with Crippen molar-refractivity contribution in [3.05, 3.63) is 29.8 Å². The van der Waals surface area contributed by atoms with Crippen molar-refractivity contribution >= 4 is 16.8 Å². The van der Waals surface area contributed by atoms with Crippen LogP contribution in [-0.2, 0) is 17.3 Å². The molecule has 1 rings (SSSR count). The second-order valence-electron chi connectivity index (χ2n) is 6.83. The maximum absolute atomic E-state index is 12.1. The molecule has 0 bridgehead atoms. The number of hydrogen-bond acceptors (Lipinski definition) is 3. The van der Waals surface area contributed by atoms with Crippen LogP contribution in [0, 0.1) is 0 Å². The number of nitrogens with one attached hydrogen (secondary N) is 1. The van der Waals surface area contributed by atoms with Crippen molar-refractivity contribution in [1.82, 2.24) is 10.2 Å². The summed E-state index contributed by atoms with van der Waals surface area (Å²) in [6.45, 7) is 12.8. The van der Waals surface area contributed by atoms with E-state index in [1.165, 1.54) is 5.56 Å². The maximum Gasteiger partial charge on any atom is 0.193 e. The highest BCUT2D eigenvalue weighted by molar-refractivity contribution is 7.86. The number of ether oxygens (including phenoxy) is 1. The molecule has 0 heterocycles. The molecule has 1 aromatic carbocycles. The Balaban J connectivity index is 2.67. The third kappa shape index (κ3) is 7.90. The quantitative estimate of drug-likeness (QED) is 0.567. The summed E-state index contributed by atoms with van der Waals surface area (Å²) < 4.78 is 17.4. The van der Waals surface area contributed by atoms with Crippen LogP contribution in [-0.4, -0.2) is 52.3 Å². The SMILES string of the molecule is CCNC(=NCCS(=O)C(C)(C)C)N(C)Cc1ccc(OCC)cc1. The van der Waals surface area contributed by atoms with Gasteiger partial charge in [-0.05, 0) is 52.3 Å².